The molecule has 26 heavy (non-hydrogen) atoms. The number of aromatic nitrogens is 1. The maximum atomic E-state index is 14.1. The van der Waals surface area contributed by atoms with Crippen LogP contribution >= 0.6 is 0 Å². The third-order valence-electron chi connectivity index (χ3n) is 5.43. The smallest absolute Gasteiger partial charge is 0.129 e. The molecule has 0 unspecified atom stereocenters. The van der Waals surface area contributed by atoms with Crippen LogP contribution in [0.3, 0.4) is 0 Å². The highest BCUT2D eigenvalue weighted by Crippen LogP contribution is 2.36. The summed E-state index contributed by atoms with van der Waals surface area (Å²) in [6.07, 6.45) is 2.39. The molecule has 1 aliphatic rings. The number of pyridine rings is 1. The Morgan fingerprint density at radius 3 is 2.69 bits per heavy atom. The van der Waals surface area contributed by atoms with Crippen LogP contribution in [-0.2, 0) is 6.42 Å². The first-order valence-electron chi connectivity index (χ1n) is 9.14. The van der Waals surface area contributed by atoms with Gasteiger partial charge in [-0.3, -0.25) is 0 Å². The summed E-state index contributed by atoms with van der Waals surface area (Å²) in [6.45, 7) is 1.64. The molecule has 2 aromatic carbocycles. The van der Waals surface area contributed by atoms with Gasteiger partial charge in [-0.2, -0.15) is 0 Å². The van der Waals surface area contributed by atoms with Crippen molar-refractivity contribution in [1.29, 1.82) is 0 Å². The topological polar surface area (TPSA) is 36.4 Å². The van der Waals surface area contributed by atoms with Crippen LogP contribution in [0.5, 0.6) is 0 Å². The van der Waals surface area contributed by atoms with Crippen molar-refractivity contribution in [2.24, 2.45) is 5.41 Å². The fraction of sp³-hybridized carbons (Fsp3) is 0.318. The van der Waals surface area contributed by atoms with Crippen molar-refractivity contribution in [2.75, 3.05) is 24.6 Å². The van der Waals surface area contributed by atoms with Crippen LogP contribution < -0.4 is 4.90 Å². The maximum Gasteiger partial charge on any atom is 0.129 e. The number of hydrogen-bond acceptors (Lipinski definition) is 3. The van der Waals surface area contributed by atoms with Gasteiger partial charge in [-0.25, -0.2) is 9.37 Å². The van der Waals surface area contributed by atoms with Crippen LogP contribution in [0.15, 0.2) is 60.7 Å². The van der Waals surface area contributed by atoms with E-state index in [2.05, 4.69) is 17.0 Å². The lowest BCUT2D eigenvalue weighted by Gasteiger charge is -2.42. The summed E-state index contributed by atoms with van der Waals surface area (Å²) in [5.74, 6) is 0.732. The third kappa shape index (κ3) is 3.29. The maximum absolute atomic E-state index is 14.1. The fourth-order valence-corrected chi connectivity index (χ4v) is 4.01. The van der Waals surface area contributed by atoms with E-state index in [-0.39, 0.29) is 17.8 Å². The van der Waals surface area contributed by atoms with E-state index >= 15 is 0 Å². The van der Waals surface area contributed by atoms with Crippen LogP contribution in [0.2, 0.25) is 0 Å². The average molecular weight is 350 g/mol. The van der Waals surface area contributed by atoms with Gasteiger partial charge in [-0.15, -0.1) is 0 Å². The van der Waals surface area contributed by atoms with E-state index in [0.29, 0.717) is 18.5 Å². The lowest BCUT2D eigenvalue weighted by atomic mass is 9.75. The molecule has 1 saturated heterocycles. The first kappa shape index (κ1) is 17.0. The van der Waals surface area contributed by atoms with Crippen LogP contribution in [0.25, 0.3) is 10.9 Å². The molecule has 1 N–H and O–H groups in total. The fourth-order valence-electron chi connectivity index (χ4n) is 4.01. The number of aliphatic hydroxyl groups excluding tert-OH is 1. The molecule has 4 heteroatoms. The molecule has 2 heterocycles. The molecule has 0 amide bonds. The molecule has 1 fully saturated rings. The second-order valence-electron chi connectivity index (χ2n) is 7.31. The molecule has 3 nitrogen and oxygen atoms in total. The monoisotopic (exact) mass is 350 g/mol. The molecule has 1 atom stereocenters. The van der Waals surface area contributed by atoms with Gasteiger partial charge in [-0.05, 0) is 49.1 Å². The van der Waals surface area contributed by atoms with Gasteiger partial charge in [-0.1, -0.05) is 36.4 Å². The van der Waals surface area contributed by atoms with E-state index < -0.39 is 0 Å². The number of anilines is 1. The Morgan fingerprint density at radius 2 is 1.85 bits per heavy atom. The second kappa shape index (κ2) is 7.04. The SMILES string of the molecule is OC[C@@]1(Cc2ccccc2F)CCCN(c2ccc3ccccc3n2)C1. The zero-order valence-electron chi connectivity index (χ0n) is 14.7. The summed E-state index contributed by atoms with van der Waals surface area (Å²) < 4.78 is 14.1. The van der Waals surface area contributed by atoms with E-state index in [1.54, 1.807) is 6.07 Å². The number of aliphatic hydroxyl groups is 1. The number of benzene rings is 2. The predicted molar refractivity (Wildman–Crippen MR) is 103 cm³/mol. The molecule has 0 radical (unpaired) electrons. The zero-order chi connectivity index (χ0) is 18.0. The number of halogens is 1. The summed E-state index contributed by atoms with van der Waals surface area (Å²) in [7, 11) is 0. The Balaban J connectivity index is 1.61. The van der Waals surface area contributed by atoms with E-state index in [4.69, 9.17) is 4.98 Å². The molecule has 1 aromatic heterocycles. The third-order valence-corrected chi connectivity index (χ3v) is 5.43. The Morgan fingerprint density at radius 1 is 1.04 bits per heavy atom. The van der Waals surface area contributed by atoms with Crippen molar-refractivity contribution < 1.29 is 9.50 Å². The average Bonchev–Trinajstić information content (AvgIpc) is 2.69. The zero-order valence-corrected chi connectivity index (χ0v) is 14.7. The number of nitrogens with zero attached hydrogens (tertiary/aromatic N) is 2. The molecule has 0 bridgehead atoms. The van der Waals surface area contributed by atoms with E-state index in [0.717, 1.165) is 36.1 Å². The summed E-state index contributed by atoms with van der Waals surface area (Å²) in [6, 6.07) is 19.1. The molecule has 0 saturated carbocycles. The summed E-state index contributed by atoms with van der Waals surface area (Å²) in [5, 5.41) is 11.3. The lowest BCUT2D eigenvalue weighted by molar-refractivity contribution is 0.104. The normalized spacial score (nSPS) is 20.5. The van der Waals surface area contributed by atoms with Gasteiger partial charge in [0.25, 0.3) is 0 Å². The highest BCUT2D eigenvalue weighted by Gasteiger charge is 2.36. The highest BCUT2D eigenvalue weighted by molar-refractivity contribution is 5.80. The summed E-state index contributed by atoms with van der Waals surface area (Å²) in [4.78, 5) is 7.02. The molecular weight excluding hydrogens is 327 g/mol. The highest BCUT2D eigenvalue weighted by atomic mass is 19.1. The molecule has 1 aliphatic heterocycles. The van der Waals surface area contributed by atoms with Crippen molar-refractivity contribution in [3.63, 3.8) is 0 Å². The van der Waals surface area contributed by atoms with Crippen molar-refractivity contribution in [1.82, 2.24) is 4.98 Å². The van der Waals surface area contributed by atoms with Gasteiger partial charge in [0.1, 0.15) is 11.6 Å². The minimum Gasteiger partial charge on any atom is -0.396 e. The first-order chi connectivity index (χ1) is 12.7. The molecule has 4 rings (SSSR count). The second-order valence-corrected chi connectivity index (χ2v) is 7.31. The standard InChI is InChI=1S/C22H23FN2O/c23-19-8-3-1-7-18(19)14-22(16-26)12-5-13-25(15-22)21-11-10-17-6-2-4-9-20(17)24-21/h1-4,6-11,26H,5,12-16H2/t22-/m1/s1. The number of para-hydroxylation sites is 1. The van der Waals surface area contributed by atoms with Crippen molar-refractivity contribution >= 4 is 16.7 Å². The van der Waals surface area contributed by atoms with E-state index in [1.807, 2.05) is 36.4 Å². The minimum absolute atomic E-state index is 0.0470. The molecule has 3 aromatic rings. The largest absolute Gasteiger partial charge is 0.396 e. The number of hydrogen-bond donors (Lipinski definition) is 1. The van der Waals surface area contributed by atoms with Crippen LogP contribution in [0.1, 0.15) is 18.4 Å². The predicted octanol–water partition coefficient (Wildman–Crippen LogP) is 4.20. The van der Waals surface area contributed by atoms with Crippen molar-refractivity contribution in [3.05, 3.63) is 72.0 Å². The molecule has 134 valence electrons. The van der Waals surface area contributed by atoms with Crippen molar-refractivity contribution in [2.45, 2.75) is 19.3 Å². The van der Waals surface area contributed by atoms with Crippen LogP contribution in [0.4, 0.5) is 10.2 Å². The molecular formula is C22H23FN2O. The lowest BCUT2D eigenvalue weighted by Crippen LogP contribution is -2.47. The van der Waals surface area contributed by atoms with E-state index in [1.165, 1.54) is 6.07 Å². The Bertz CT molecular complexity index is 913. The van der Waals surface area contributed by atoms with Gasteiger partial charge >= 0.3 is 0 Å². The molecule has 0 spiro atoms. The van der Waals surface area contributed by atoms with E-state index in [9.17, 15) is 9.50 Å². The van der Waals surface area contributed by atoms with Gasteiger partial charge in [0.15, 0.2) is 0 Å². The summed E-state index contributed by atoms with van der Waals surface area (Å²) in [5.41, 5.74) is 1.31. The quantitative estimate of drug-likeness (QED) is 0.766. The molecule has 0 aliphatic carbocycles. The van der Waals surface area contributed by atoms with Crippen molar-refractivity contribution in [3.8, 4) is 0 Å². The Hall–Kier alpha value is -2.46. The first-order valence-corrected chi connectivity index (χ1v) is 9.14. The van der Waals surface area contributed by atoms with Gasteiger partial charge in [0.2, 0.25) is 0 Å². The van der Waals surface area contributed by atoms with Gasteiger partial charge < -0.3 is 10.0 Å². The Labute approximate surface area is 153 Å². The Kier molecular flexibility index (Phi) is 4.60. The van der Waals surface area contributed by atoms with Gasteiger partial charge in [0.05, 0.1) is 12.1 Å². The number of rotatable bonds is 4. The summed E-state index contributed by atoms with van der Waals surface area (Å²) >= 11 is 0. The van der Waals surface area contributed by atoms with Gasteiger partial charge in [0, 0.05) is 23.9 Å². The van der Waals surface area contributed by atoms with Crippen LogP contribution in [-0.4, -0.2) is 29.8 Å². The minimum atomic E-state index is -0.340. The number of fused-ring (bicyclic) bond motifs is 1. The van der Waals surface area contributed by atoms with Crippen LogP contribution in [0, 0.1) is 11.2 Å². The number of piperidine rings is 1.